The molecule has 0 aliphatic carbocycles. The van der Waals surface area contributed by atoms with E-state index in [1.165, 1.54) is 4.68 Å². The lowest BCUT2D eigenvalue weighted by Gasteiger charge is -2.30. The molecule has 1 aliphatic heterocycles. The molecule has 1 aromatic carbocycles. The topological polar surface area (TPSA) is 47.4 Å². The van der Waals surface area contributed by atoms with Crippen LogP contribution in [0.1, 0.15) is 6.92 Å². The molecule has 1 fully saturated rings. The minimum atomic E-state index is -0.0303. The number of fused-ring (bicyclic) bond motifs is 1. The summed E-state index contributed by atoms with van der Waals surface area (Å²) in [5.41, 5.74) is -0.0303. The predicted molar refractivity (Wildman–Crippen MR) is 73.0 cm³/mol. The average molecular weight is 259 g/mol. The lowest BCUT2D eigenvalue weighted by atomic mass is 10.2. The number of ether oxygens (including phenoxy) is 1. The van der Waals surface area contributed by atoms with Crippen molar-refractivity contribution < 1.29 is 4.74 Å². The monoisotopic (exact) mass is 259 g/mol. The Bertz CT molecular complexity index is 638. The Morgan fingerprint density at radius 1 is 1.42 bits per heavy atom. The smallest absolute Gasteiger partial charge is 0.275 e. The van der Waals surface area contributed by atoms with E-state index < -0.39 is 0 Å². The number of aromatic nitrogens is 2. The standard InChI is InChI=1S/C14H17N3O2/c1-11-9-16(6-7-19-11)10-17-14(18)13-5-3-2-4-12(13)8-15-17/h2-5,8,11H,6-7,9-10H2,1H3. The van der Waals surface area contributed by atoms with Gasteiger partial charge in [-0.3, -0.25) is 9.69 Å². The maximum atomic E-state index is 12.3. The van der Waals surface area contributed by atoms with E-state index >= 15 is 0 Å². The van der Waals surface area contributed by atoms with E-state index in [0.717, 1.165) is 23.9 Å². The predicted octanol–water partition coefficient (Wildman–Crippen LogP) is 1.07. The molecule has 0 spiro atoms. The molecule has 5 nitrogen and oxygen atoms in total. The molecule has 0 saturated carbocycles. The molecular formula is C14H17N3O2. The highest BCUT2D eigenvalue weighted by molar-refractivity contribution is 5.80. The van der Waals surface area contributed by atoms with Crippen molar-refractivity contribution in [3.05, 3.63) is 40.8 Å². The molecule has 5 heteroatoms. The maximum Gasteiger partial charge on any atom is 0.275 e. The van der Waals surface area contributed by atoms with Crippen molar-refractivity contribution in [3.8, 4) is 0 Å². The summed E-state index contributed by atoms with van der Waals surface area (Å²) in [5, 5.41) is 5.86. The fraction of sp³-hybridized carbons (Fsp3) is 0.429. The Labute approximate surface area is 111 Å². The van der Waals surface area contributed by atoms with Crippen LogP contribution < -0.4 is 5.56 Å². The van der Waals surface area contributed by atoms with Crippen LogP contribution in [0.4, 0.5) is 0 Å². The van der Waals surface area contributed by atoms with Crippen LogP contribution in [0, 0.1) is 0 Å². The largest absolute Gasteiger partial charge is 0.376 e. The minimum absolute atomic E-state index is 0.0303. The Morgan fingerprint density at radius 2 is 2.26 bits per heavy atom. The van der Waals surface area contributed by atoms with Crippen LogP contribution in [0.15, 0.2) is 35.3 Å². The summed E-state index contributed by atoms with van der Waals surface area (Å²) >= 11 is 0. The van der Waals surface area contributed by atoms with Crippen LogP contribution in [-0.4, -0.2) is 40.5 Å². The van der Waals surface area contributed by atoms with Crippen molar-refractivity contribution in [2.75, 3.05) is 19.7 Å². The number of rotatable bonds is 2. The molecule has 0 bridgehead atoms. The van der Waals surface area contributed by atoms with E-state index in [2.05, 4.69) is 10.00 Å². The van der Waals surface area contributed by atoms with Gasteiger partial charge in [0, 0.05) is 18.5 Å². The Morgan fingerprint density at radius 3 is 3.11 bits per heavy atom. The molecule has 1 saturated heterocycles. The Balaban J connectivity index is 1.89. The first-order chi connectivity index (χ1) is 9.24. The quantitative estimate of drug-likeness (QED) is 0.809. The summed E-state index contributed by atoms with van der Waals surface area (Å²) in [4.78, 5) is 14.5. The van der Waals surface area contributed by atoms with Gasteiger partial charge >= 0.3 is 0 Å². The Kier molecular flexibility index (Phi) is 3.31. The number of hydrogen-bond acceptors (Lipinski definition) is 4. The van der Waals surface area contributed by atoms with E-state index in [1.54, 1.807) is 6.20 Å². The number of benzene rings is 1. The highest BCUT2D eigenvalue weighted by atomic mass is 16.5. The first kappa shape index (κ1) is 12.3. The van der Waals surface area contributed by atoms with Crippen molar-refractivity contribution >= 4 is 10.8 Å². The second-order valence-corrected chi connectivity index (χ2v) is 4.94. The number of hydrogen-bond donors (Lipinski definition) is 0. The molecule has 19 heavy (non-hydrogen) atoms. The Hall–Kier alpha value is -1.72. The van der Waals surface area contributed by atoms with E-state index in [1.807, 2.05) is 31.2 Å². The molecule has 1 unspecified atom stereocenters. The molecule has 0 radical (unpaired) electrons. The lowest BCUT2D eigenvalue weighted by Crippen LogP contribution is -2.44. The van der Waals surface area contributed by atoms with E-state index in [9.17, 15) is 4.79 Å². The molecule has 100 valence electrons. The van der Waals surface area contributed by atoms with Gasteiger partial charge in [-0.05, 0) is 13.0 Å². The molecule has 1 aliphatic rings. The zero-order valence-corrected chi connectivity index (χ0v) is 11.0. The third-order valence-electron chi connectivity index (χ3n) is 3.42. The normalized spacial score (nSPS) is 20.8. The van der Waals surface area contributed by atoms with Crippen LogP contribution in [0.2, 0.25) is 0 Å². The molecule has 3 rings (SSSR count). The molecule has 1 aromatic heterocycles. The lowest BCUT2D eigenvalue weighted by molar-refractivity contribution is -0.0309. The summed E-state index contributed by atoms with van der Waals surface area (Å²) in [6.45, 7) is 4.95. The summed E-state index contributed by atoms with van der Waals surface area (Å²) in [6, 6.07) is 7.55. The first-order valence-corrected chi connectivity index (χ1v) is 6.53. The third kappa shape index (κ3) is 2.52. The SMILES string of the molecule is CC1CN(Cn2ncc3ccccc3c2=O)CCO1. The van der Waals surface area contributed by atoms with Crippen LogP contribution in [0.25, 0.3) is 10.8 Å². The van der Waals surface area contributed by atoms with Crippen LogP contribution >= 0.6 is 0 Å². The van der Waals surface area contributed by atoms with Gasteiger partial charge in [0.1, 0.15) is 0 Å². The van der Waals surface area contributed by atoms with E-state index in [-0.39, 0.29) is 11.7 Å². The third-order valence-corrected chi connectivity index (χ3v) is 3.42. The molecule has 0 amide bonds. The van der Waals surface area contributed by atoms with E-state index in [0.29, 0.717) is 13.3 Å². The highest BCUT2D eigenvalue weighted by Crippen LogP contribution is 2.08. The van der Waals surface area contributed by atoms with Crippen molar-refractivity contribution in [2.24, 2.45) is 0 Å². The zero-order valence-electron chi connectivity index (χ0n) is 11.0. The van der Waals surface area contributed by atoms with Crippen LogP contribution in [-0.2, 0) is 11.4 Å². The fourth-order valence-corrected chi connectivity index (χ4v) is 2.44. The van der Waals surface area contributed by atoms with Gasteiger partial charge in [-0.2, -0.15) is 5.10 Å². The van der Waals surface area contributed by atoms with Crippen molar-refractivity contribution in [2.45, 2.75) is 19.7 Å². The maximum absolute atomic E-state index is 12.3. The van der Waals surface area contributed by atoms with Gasteiger partial charge in [-0.25, -0.2) is 4.68 Å². The van der Waals surface area contributed by atoms with Crippen molar-refractivity contribution in [1.29, 1.82) is 0 Å². The van der Waals surface area contributed by atoms with Crippen molar-refractivity contribution in [3.63, 3.8) is 0 Å². The summed E-state index contributed by atoms with van der Waals surface area (Å²) in [5.74, 6) is 0. The summed E-state index contributed by atoms with van der Waals surface area (Å²) in [7, 11) is 0. The second-order valence-electron chi connectivity index (χ2n) is 4.94. The molecular weight excluding hydrogens is 242 g/mol. The van der Waals surface area contributed by atoms with E-state index in [4.69, 9.17) is 4.74 Å². The fourth-order valence-electron chi connectivity index (χ4n) is 2.44. The van der Waals surface area contributed by atoms with Crippen molar-refractivity contribution in [1.82, 2.24) is 14.7 Å². The van der Waals surface area contributed by atoms with Gasteiger partial charge in [0.05, 0.1) is 31.0 Å². The van der Waals surface area contributed by atoms with Gasteiger partial charge in [-0.15, -0.1) is 0 Å². The second kappa shape index (κ2) is 5.11. The zero-order chi connectivity index (χ0) is 13.2. The summed E-state index contributed by atoms with van der Waals surface area (Å²) < 4.78 is 7.02. The molecule has 1 atom stereocenters. The number of morpholine rings is 1. The van der Waals surface area contributed by atoms with Gasteiger partial charge < -0.3 is 4.74 Å². The number of nitrogens with zero attached hydrogens (tertiary/aromatic N) is 3. The summed E-state index contributed by atoms with van der Waals surface area (Å²) in [6.07, 6.45) is 1.96. The van der Waals surface area contributed by atoms with Gasteiger partial charge in [0.15, 0.2) is 0 Å². The van der Waals surface area contributed by atoms with Gasteiger partial charge in [-0.1, -0.05) is 18.2 Å². The van der Waals surface area contributed by atoms with Gasteiger partial charge in [0.25, 0.3) is 5.56 Å². The first-order valence-electron chi connectivity index (χ1n) is 6.53. The molecule has 2 aromatic rings. The van der Waals surface area contributed by atoms with Crippen LogP contribution in [0.5, 0.6) is 0 Å². The average Bonchev–Trinajstić information content (AvgIpc) is 2.42. The molecule has 0 N–H and O–H groups in total. The minimum Gasteiger partial charge on any atom is -0.376 e. The van der Waals surface area contributed by atoms with Crippen LogP contribution in [0.3, 0.4) is 0 Å². The molecule has 2 heterocycles. The van der Waals surface area contributed by atoms with Gasteiger partial charge in [0.2, 0.25) is 0 Å². The highest BCUT2D eigenvalue weighted by Gasteiger charge is 2.17.